The highest BCUT2D eigenvalue weighted by Gasteiger charge is 2.13. The average Bonchev–Trinajstić information content (AvgIpc) is 2.68. The summed E-state index contributed by atoms with van der Waals surface area (Å²) < 4.78 is 20.9. The topological polar surface area (TPSA) is 53.1 Å². The van der Waals surface area contributed by atoms with E-state index in [4.69, 9.17) is 10.5 Å². The number of hydrogen-bond acceptors (Lipinski definition) is 3. The van der Waals surface area contributed by atoms with Gasteiger partial charge >= 0.3 is 0 Å². The molecule has 0 amide bonds. The normalized spacial score (nSPS) is 12.5. The first-order chi connectivity index (χ1) is 8.47. The van der Waals surface area contributed by atoms with Crippen LogP contribution in [0.5, 0.6) is 11.5 Å². The summed E-state index contributed by atoms with van der Waals surface area (Å²) in [6.45, 7) is 3.48. The Kier molecular flexibility index (Phi) is 3.34. The van der Waals surface area contributed by atoms with Crippen molar-refractivity contribution in [1.29, 1.82) is 0 Å². The highest BCUT2D eigenvalue weighted by Crippen LogP contribution is 2.30. The minimum absolute atomic E-state index is 0.277. The number of benzene rings is 1. The molecule has 4 nitrogen and oxygen atoms in total. The summed E-state index contributed by atoms with van der Waals surface area (Å²) >= 11 is 0. The molecule has 0 aliphatic rings. The van der Waals surface area contributed by atoms with Crippen LogP contribution in [0.4, 0.5) is 4.39 Å². The Morgan fingerprint density at radius 1 is 1.44 bits per heavy atom. The van der Waals surface area contributed by atoms with Crippen LogP contribution in [0.1, 0.15) is 24.1 Å². The molecule has 5 heteroatoms. The van der Waals surface area contributed by atoms with Gasteiger partial charge in [0.25, 0.3) is 0 Å². The van der Waals surface area contributed by atoms with Crippen molar-refractivity contribution in [2.24, 2.45) is 12.8 Å². The molecule has 1 atom stereocenters. The van der Waals surface area contributed by atoms with E-state index in [1.807, 2.05) is 0 Å². The van der Waals surface area contributed by atoms with Crippen LogP contribution >= 0.6 is 0 Å². The number of ether oxygens (including phenoxy) is 1. The van der Waals surface area contributed by atoms with Crippen molar-refractivity contribution in [1.82, 2.24) is 9.78 Å². The maximum absolute atomic E-state index is 13.5. The molecule has 0 saturated heterocycles. The van der Waals surface area contributed by atoms with E-state index in [9.17, 15) is 4.39 Å². The molecule has 0 aliphatic heterocycles. The third-order valence-electron chi connectivity index (χ3n) is 2.69. The fraction of sp³-hybridized carbons (Fsp3) is 0.308. The third kappa shape index (κ3) is 2.51. The molecular weight excluding hydrogens is 233 g/mol. The van der Waals surface area contributed by atoms with E-state index in [1.165, 1.54) is 6.07 Å². The maximum Gasteiger partial charge on any atom is 0.165 e. The first-order valence-corrected chi connectivity index (χ1v) is 5.69. The molecule has 0 fully saturated rings. The van der Waals surface area contributed by atoms with Crippen LogP contribution in [0.15, 0.2) is 24.5 Å². The minimum Gasteiger partial charge on any atom is -0.454 e. The number of nitrogens with zero attached hydrogens (tertiary/aromatic N) is 2. The lowest BCUT2D eigenvalue weighted by Crippen LogP contribution is -2.07. The molecule has 0 spiro atoms. The summed E-state index contributed by atoms with van der Waals surface area (Å²) in [5.41, 5.74) is 6.99. The van der Waals surface area contributed by atoms with Crippen LogP contribution in [0.2, 0.25) is 0 Å². The fourth-order valence-corrected chi connectivity index (χ4v) is 1.69. The van der Waals surface area contributed by atoms with Crippen molar-refractivity contribution < 1.29 is 9.13 Å². The van der Waals surface area contributed by atoms with Crippen LogP contribution < -0.4 is 10.5 Å². The van der Waals surface area contributed by atoms with Gasteiger partial charge in [0, 0.05) is 18.7 Å². The Hall–Kier alpha value is -1.88. The molecule has 0 unspecified atom stereocenters. The summed E-state index contributed by atoms with van der Waals surface area (Å²) in [7, 11) is 1.80. The fourth-order valence-electron chi connectivity index (χ4n) is 1.69. The smallest absolute Gasteiger partial charge is 0.165 e. The van der Waals surface area contributed by atoms with Crippen molar-refractivity contribution in [2.45, 2.75) is 19.9 Å². The van der Waals surface area contributed by atoms with Crippen molar-refractivity contribution >= 4 is 0 Å². The largest absolute Gasteiger partial charge is 0.454 e. The molecule has 2 aromatic rings. The zero-order valence-corrected chi connectivity index (χ0v) is 10.6. The predicted molar refractivity (Wildman–Crippen MR) is 67.0 cm³/mol. The first kappa shape index (κ1) is 12.6. The molecule has 96 valence electrons. The van der Waals surface area contributed by atoms with Gasteiger partial charge in [-0.3, -0.25) is 4.68 Å². The second-order valence-corrected chi connectivity index (χ2v) is 4.38. The number of hydrogen-bond donors (Lipinski definition) is 1. The van der Waals surface area contributed by atoms with E-state index in [0.29, 0.717) is 22.6 Å². The SMILES string of the molecule is Cc1cc(Oc2cnn(C)c2)c([C@@H](C)N)cc1F. The monoisotopic (exact) mass is 249 g/mol. The van der Waals surface area contributed by atoms with Gasteiger partial charge < -0.3 is 10.5 Å². The Labute approximate surface area is 105 Å². The summed E-state index contributed by atoms with van der Waals surface area (Å²) in [4.78, 5) is 0. The first-order valence-electron chi connectivity index (χ1n) is 5.69. The van der Waals surface area contributed by atoms with Gasteiger partial charge in [0.1, 0.15) is 11.6 Å². The summed E-state index contributed by atoms with van der Waals surface area (Å²) in [6, 6.07) is 2.78. The number of nitrogens with two attached hydrogens (primary N) is 1. The molecule has 0 saturated carbocycles. The van der Waals surface area contributed by atoms with Gasteiger partial charge in [-0.15, -0.1) is 0 Å². The molecule has 1 aromatic heterocycles. The van der Waals surface area contributed by atoms with Gasteiger partial charge in [-0.05, 0) is 31.5 Å². The minimum atomic E-state index is -0.299. The molecule has 1 aromatic carbocycles. The number of halogens is 1. The molecule has 2 rings (SSSR count). The van der Waals surface area contributed by atoms with Gasteiger partial charge in [0.05, 0.1) is 12.4 Å². The van der Waals surface area contributed by atoms with E-state index < -0.39 is 0 Å². The van der Waals surface area contributed by atoms with Gasteiger partial charge in [-0.1, -0.05) is 0 Å². The lowest BCUT2D eigenvalue weighted by molar-refractivity contribution is 0.467. The van der Waals surface area contributed by atoms with E-state index in [2.05, 4.69) is 5.10 Å². The number of rotatable bonds is 3. The molecule has 1 heterocycles. The van der Waals surface area contributed by atoms with E-state index in [1.54, 1.807) is 44.0 Å². The highest BCUT2D eigenvalue weighted by atomic mass is 19.1. The Bertz CT molecular complexity index is 563. The van der Waals surface area contributed by atoms with Crippen LogP contribution in [-0.2, 0) is 7.05 Å². The second kappa shape index (κ2) is 4.78. The summed E-state index contributed by atoms with van der Waals surface area (Å²) in [5, 5.41) is 4.01. The second-order valence-electron chi connectivity index (χ2n) is 4.38. The lowest BCUT2D eigenvalue weighted by Gasteiger charge is -2.14. The van der Waals surface area contributed by atoms with E-state index in [-0.39, 0.29) is 11.9 Å². The number of aromatic nitrogens is 2. The standard InChI is InChI=1S/C13H16FN3O/c1-8-4-13(11(9(2)15)5-12(8)14)18-10-6-16-17(3)7-10/h4-7,9H,15H2,1-3H3/t9-/m1/s1. The van der Waals surface area contributed by atoms with Crippen molar-refractivity contribution in [3.63, 3.8) is 0 Å². The van der Waals surface area contributed by atoms with Crippen LogP contribution in [-0.4, -0.2) is 9.78 Å². The van der Waals surface area contributed by atoms with E-state index >= 15 is 0 Å². The van der Waals surface area contributed by atoms with Gasteiger partial charge in [0.15, 0.2) is 5.75 Å². The molecule has 2 N–H and O–H groups in total. The van der Waals surface area contributed by atoms with Crippen LogP contribution in [0.3, 0.4) is 0 Å². The lowest BCUT2D eigenvalue weighted by atomic mass is 10.1. The molecular formula is C13H16FN3O. The van der Waals surface area contributed by atoms with Gasteiger partial charge in [0.2, 0.25) is 0 Å². The van der Waals surface area contributed by atoms with Crippen molar-refractivity contribution in [3.05, 3.63) is 41.5 Å². The molecule has 0 bridgehead atoms. The van der Waals surface area contributed by atoms with Crippen LogP contribution in [0.25, 0.3) is 0 Å². The Morgan fingerprint density at radius 3 is 2.72 bits per heavy atom. The Balaban J connectivity index is 2.39. The molecule has 0 aliphatic carbocycles. The zero-order valence-electron chi connectivity index (χ0n) is 10.6. The van der Waals surface area contributed by atoms with Crippen molar-refractivity contribution in [3.8, 4) is 11.5 Å². The van der Waals surface area contributed by atoms with Gasteiger partial charge in [-0.25, -0.2) is 4.39 Å². The predicted octanol–water partition coefficient (Wildman–Crippen LogP) is 2.68. The summed E-state index contributed by atoms with van der Waals surface area (Å²) in [6.07, 6.45) is 3.34. The van der Waals surface area contributed by atoms with Crippen molar-refractivity contribution in [2.75, 3.05) is 0 Å². The maximum atomic E-state index is 13.5. The number of aryl methyl sites for hydroxylation is 2. The van der Waals surface area contributed by atoms with E-state index in [0.717, 1.165) is 0 Å². The third-order valence-corrected chi connectivity index (χ3v) is 2.69. The molecule has 0 radical (unpaired) electrons. The average molecular weight is 249 g/mol. The van der Waals surface area contributed by atoms with Crippen LogP contribution in [0, 0.1) is 12.7 Å². The van der Waals surface area contributed by atoms with Gasteiger partial charge in [-0.2, -0.15) is 5.10 Å². The Morgan fingerprint density at radius 2 is 2.17 bits per heavy atom. The quantitative estimate of drug-likeness (QED) is 0.909. The summed E-state index contributed by atoms with van der Waals surface area (Å²) in [5.74, 6) is 0.892. The highest BCUT2D eigenvalue weighted by molar-refractivity contribution is 5.42. The zero-order chi connectivity index (χ0) is 13.3. The molecule has 18 heavy (non-hydrogen) atoms.